The third kappa shape index (κ3) is 2.29. The van der Waals surface area contributed by atoms with Crippen LogP contribution in [0.4, 0.5) is 0 Å². The van der Waals surface area contributed by atoms with Crippen molar-refractivity contribution in [3.05, 3.63) is 58.7 Å². The van der Waals surface area contributed by atoms with Crippen molar-refractivity contribution in [1.29, 1.82) is 0 Å². The predicted molar refractivity (Wildman–Crippen MR) is 81.3 cm³/mol. The first kappa shape index (κ1) is 13.7. The van der Waals surface area contributed by atoms with Gasteiger partial charge in [0.2, 0.25) is 0 Å². The molecule has 2 aromatic rings. The summed E-state index contributed by atoms with van der Waals surface area (Å²) < 4.78 is 10.8. The number of fused-ring (bicyclic) bond motifs is 2. The Bertz CT molecular complexity index is 676. The average molecular weight is 282 g/mol. The second kappa shape index (κ2) is 5.60. The van der Waals surface area contributed by atoms with Gasteiger partial charge in [0, 0.05) is 0 Å². The molecule has 0 N–H and O–H groups in total. The van der Waals surface area contributed by atoms with Gasteiger partial charge in [0.15, 0.2) is 11.5 Å². The number of methoxy groups -OCH3 is 2. The summed E-state index contributed by atoms with van der Waals surface area (Å²) in [6, 6.07) is 12.1. The summed E-state index contributed by atoms with van der Waals surface area (Å²) in [5.74, 6) is 1.15. The maximum atomic E-state index is 11.7. The molecular formula is C18H18O3. The van der Waals surface area contributed by atoms with Crippen LogP contribution in [0.25, 0.3) is 0 Å². The topological polar surface area (TPSA) is 35.5 Å². The summed E-state index contributed by atoms with van der Waals surface area (Å²) in [5.41, 5.74) is 4.51. The molecule has 0 bridgehead atoms. The Labute approximate surface area is 124 Å². The molecule has 0 saturated carbocycles. The number of aldehydes is 1. The summed E-state index contributed by atoms with van der Waals surface area (Å²) in [4.78, 5) is 11.7. The Morgan fingerprint density at radius 1 is 0.952 bits per heavy atom. The smallest absolute Gasteiger partial charge is 0.161 e. The molecule has 0 aliphatic heterocycles. The number of hydrogen-bond acceptors (Lipinski definition) is 3. The number of rotatable bonds is 3. The zero-order valence-electron chi connectivity index (χ0n) is 12.3. The molecule has 0 radical (unpaired) electrons. The van der Waals surface area contributed by atoms with E-state index in [9.17, 15) is 4.79 Å². The third-order valence-corrected chi connectivity index (χ3v) is 4.17. The van der Waals surface area contributed by atoms with E-state index in [-0.39, 0.29) is 5.92 Å². The molecule has 0 fully saturated rings. The number of aryl methyl sites for hydroxylation is 2. The summed E-state index contributed by atoms with van der Waals surface area (Å²) in [6.45, 7) is 0. The van der Waals surface area contributed by atoms with Crippen LogP contribution in [-0.2, 0) is 17.6 Å². The van der Waals surface area contributed by atoms with E-state index < -0.39 is 0 Å². The van der Waals surface area contributed by atoms with Crippen molar-refractivity contribution in [3.8, 4) is 11.5 Å². The molecule has 1 aliphatic rings. The standard InChI is InChI=1S/C18H18O3/c1-20-17-9-13-8-7-12-5-3-4-6-14(12)16(11-19)15(13)10-18(17)21-2/h3-6,9-11,16H,7-8H2,1-2H3. The second-order valence-corrected chi connectivity index (χ2v) is 5.22. The van der Waals surface area contributed by atoms with Gasteiger partial charge in [-0.05, 0) is 47.2 Å². The molecule has 3 heteroatoms. The highest BCUT2D eigenvalue weighted by molar-refractivity contribution is 5.72. The van der Waals surface area contributed by atoms with Crippen molar-refractivity contribution in [3.63, 3.8) is 0 Å². The molecule has 2 aromatic carbocycles. The molecular weight excluding hydrogens is 264 g/mol. The van der Waals surface area contributed by atoms with Crippen LogP contribution in [0.5, 0.6) is 11.5 Å². The third-order valence-electron chi connectivity index (χ3n) is 4.17. The summed E-state index contributed by atoms with van der Waals surface area (Å²) in [6.07, 6.45) is 2.86. The van der Waals surface area contributed by atoms with E-state index in [1.807, 2.05) is 30.3 Å². The highest BCUT2D eigenvalue weighted by Crippen LogP contribution is 2.39. The Morgan fingerprint density at radius 2 is 1.62 bits per heavy atom. The maximum absolute atomic E-state index is 11.7. The van der Waals surface area contributed by atoms with E-state index in [1.54, 1.807) is 14.2 Å². The summed E-state index contributed by atoms with van der Waals surface area (Å²) in [7, 11) is 3.25. The van der Waals surface area contributed by atoms with Gasteiger partial charge < -0.3 is 14.3 Å². The van der Waals surface area contributed by atoms with Crippen LogP contribution < -0.4 is 9.47 Å². The van der Waals surface area contributed by atoms with Crippen LogP contribution in [0.15, 0.2) is 36.4 Å². The van der Waals surface area contributed by atoms with E-state index in [4.69, 9.17) is 9.47 Å². The Hall–Kier alpha value is -2.29. The molecule has 3 rings (SSSR count). The van der Waals surface area contributed by atoms with Crippen LogP contribution in [0.3, 0.4) is 0 Å². The predicted octanol–water partition coefficient (Wildman–Crippen LogP) is 3.13. The Morgan fingerprint density at radius 3 is 2.33 bits per heavy atom. The van der Waals surface area contributed by atoms with E-state index in [1.165, 1.54) is 5.56 Å². The largest absolute Gasteiger partial charge is 0.493 e. The first-order chi connectivity index (χ1) is 10.3. The number of carbonyl (C=O) groups excluding carboxylic acids is 1. The molecule has 1 atom stereocenters. The molecule has 0 heterocycles. The number of ether oxygens (including phenoxy) is 2. The molecule has 108 valence electrons. The van der Waals surface area contributed by atoms with Gasteiger partial charge in [-0.3, -0.25) is 0 Å². The van der Waals surface area contributed by atoms with E-state index in [2.05, 4.69) is 6.07 Å². The minimum absolute atomic E-state index is 0.237. The summed E-state index contributed by atoms with van der Waals surface area (Å²) >= 11 is 0. The minimum Gasteiger partial charge on any atom is -0.493 e. The molecule has 1 unspecified atom stereocenters. The van der Waals surface area contributed by atoms with Crippen molar-refractivity contribution in [2.24, 2.45) is 0 Å². The highest BCUT2D eigenvalue weighted by Gasteiger charge is 2.25. The fourth-order valence-electron chi connectivity index (χ4n) is 3.09. The van der Waals surface area contributed by atoms with E-state index in [0.29, 0.717) is 11.5 Å². The first-order valence-electron chi connectivity index (χ1n) is 7.06. The van der Waals surface area contributed by atoms with Crippen LogP contribution in [0, 0.1) is 0 Å². The van der Waals surface area contributed by atoms with Crippen molar-refractivity contribution in [2.75, 3.05) is 14.2 Å². The lowest BCUT2D eigenvalue weighted by molar-refractivity contribution is -0.108. The van der Waals surface area contributed by atoms with Gasteiger partial charge >= 0.3 is 0 Å². The molecule has 0 amide bonds. The lowest BCUT2D eigenvalue weighted by Crippen LogP contribution is -2.06. The van der Waals surface area contributed by atoms with Crippen molar-refractivity contribution >= 4 is 6.29 Å². The molecule has 1 aliphatic carbocycles. The highest BCUT2D eigenvalue weighted by atomic mass is 16.5. The van der Waals surface area contributed by atoms with Gasteiger partial charge in [-0.1, -0.05) is 24.3 Å². The first-order valence-corrected chi connectivity index (χ1v) is 7.06. The fourth-order valence-corrected chi connectivity index (χ4v) is 3.09. The van der Waals surface area contributed by atoms with Gasteiger partial charge in [-0.15, -0.1) is 0 Å². The van der Waals surface area contributed by atoms with Gasteiger partial charge in [-0.25, -0.2) is 0 Å². The quantitative estimate of drug-likeness (QED) is 0.811. The minimum atomic E-state index is -0.237. The van der Waals surface area contributed by atoms with Crippen LogP contribution in [0.1, 0.15) is 28.2 Å². The van der Waals surface area contributed by atoms with E-state index in [0.717, 1.165) is 35.8 Å². The van der Waals surface area contributed by atoms with Crippen LogP contribution >= 0.6 is 0 Å². The van der Waals surface area contributed by atoms with Gasteiger partial charge in [0.25, 0.3) is 0 Å². The number of benzene rings is 2. The van der Waals surface area contributed by atoms with Gasteiger partial charge in [0.1, 0.15) is 6.29 Å². The van der Waals surface area contributed by atoms with Gasteiger partial charge in [-0.2, -0.15) is 0 Å². The number of carbonyl (C=O) groups is 1. The van der Waals surface area contributed by atoms with Crippen LogP contribution in [0.2, 0.25) is 0 Å². The normalized spacial score (nSPS) is 16.4. The zero-order chi connectivity index (χ0) is 14.8. The fraction of sp³-hybridized carbons (Fsp3) is 0.278. The second-order valence-electron chi connectivity index (χ2n) is 5.22. The monoisotopic (exact) mass is 282 g/mol. The Balaban J connectivity index is 2.20. The molecule has 0 aromatic heterocycles. The SMILES string of the molecule is COc1cc2c(cc1OC)C(C=O)c1ccccc1CC2. The van der Waals surface area contributed by atoms with Crippen molar-refractivity contribution in [1.82, 2.24) is 0 Å². The molecule has 0 saturated heterocycles. The van der Waals surface area contributed by atoms with Crippen molar-refractivity contribution < 1.29 is 14.3 Å². The lowest BCUT2D eigenvalue weighted by Gasteiger charge is -2.17. The van der Waals surface area contributed by atoms with Gasteiger partial charge in [0.05, 0.1) is 20.1 Å². The molecule has 21 heavy (non-hydrogen) atoms. The molecule has 3 nitrogen and oxygen atoms in total. The number of hydrogen-bond donors (Lipinski definition) is 0. The summed E-state index contributed by atoms with van der Waals surface area (Å²) in [5, 5.41) is 0. The zero-order valence-corrected chi connectivity index (χ0v) is 12.3. The van der Waals surface area contributed by atoms with Crippen LogP contribution in [-0.4, -0.2) is 20.5 Å². The lowest BCUT2D eigenvalue weighted by atomic mass is 9.89. The van der Waals surface area contributed by atoms with Crippen molar-refractivity contribution in [2.45, 2.75) is 18.8 Å². The molecule has 0 spiro atoms. The Kier molecular flexibility index (Phi) is 3.65. The maximum Gasteiger partial charge on any atom is 0.161 e. The average Bonchev–Trinajstić information content (AvgIpc) is 2.69. The van der Waals surface area contributed by atoms with E-state index >= 15 is 0 Å².